The lowest BCUT2D eigenvalue weighted by Crippen LogP contribution is -2.34. The molecule has 6 heteroatoms. The van der Waals surface area contributed by atoms with Crippen molar-refractivity contribution in [2.45, 2.75) is 58.2 Å². The van der Waals surface area contributed by atoms with E-state index in [1.807, 2.05) is 37.3 Å². The van der Waals surface area contributed by atoms with Crippen LogP contribution in [0.5, 0.6) is 11.6 Å². The number of aromatic nitrogens is 2. The summed E-state index contributed by atoms with van der Waals surface area (Å²) in [4.78, 5) is 2.31. The molecule has 4 rings (SSSR count). The summed E-state index contributed by atoms with van der Waals surface area (Å²) in [5, 5.41) is 15.2. The number of aliphatic hydroxyl groups is 1. The average molecular weight is 424 g/mol. The zero-order valence-electron chi connectivity index (χ0n) is 18.2. The number of aliphatic hydroxyl groups excluding tert-OH is 1. The topological polar surface area (TPSA) is 50.5 Å². The summed E-state index contributed by atoms with van der Waals surface area (Å²) in [6, 6.07) is 16.6. The molecular formula is C25H30FN3O2. The fraction of sp³-hybridized carbons (Fsp3) is 0.400. The van der Waals surface area contributed by atoms with Gasteiger partial charge in [-0.2, -0.15) is 5.10 Å². The highest BCUT2D eigenvalue weighted by Crippen LogP contribution is 2.35. The van der Waals surface area contributed by atoms with Crippen molar-refractivity contribution >= 4 is 0 Å². The summed E-state index contributed by atoms with van der Waals surface area (Å²) >= 11 is 0. The Morgan fingerprint density at radius 1 is 1.16 bits per heavy atom. The molecule has 164 valence electrons. The Bertz CT molecular complexity index is 1000. The molecule has 0 spiro atoms. The molecule has 0 saturated heterocycles. The lowest BCUT2D eigenvalue weighted by Gasteiger charge is -2.25. The van der Waals surface area contributed by atoms with Crippen molar-refractivity contribution in [3.8, 4) is 17.3 Å². The standard InChI is InChI=1S/C25H30FN3O2/c1-3-9-21(30)16-28(19-14-15-19)17-22-18(2)27-29(20-10-5-4-6-11-20)25(22)31-24-13-8-7-12-23(24)26/h4-8,10-13,19,21,30H,3,9,14-17H2,1-2H3. The molecule has 0 radical (unpaired) electrons. The Morgan fingerprint density at radius 3 is 2.55 bits per heavy atom. The van der Waals surface area contributed by atoms with Gasteiger partial charge in [-0.25, -0.2) is 9.07 Å². The molecule has 0 aliphatic heterocycles. The number of halogens is 1. The number of hydrogen-bond acceptors (Lipinski definition) is 4. The molecule has 1 atom stereocenters. The molecule has 31 heavy (non-hydrogen) atoms. The SMILES string of the molecule is CCCC(O)CN(Cc1c(C)nn(-c2ccccc2)c1Oc1ccccc1F)C1CC1. The number of aryl methyl sites for hydroxylation is 1. The number of benzene rings is 2. The first-order valence-corrected chi connectivity index (χ1v) is 11.0. The Hall–Kier alpha value is -2.70. The molecule has 1 saturated carbocycles. The Kier molecular flexibility index (Phi) is 6.68. The largest absolute Gasteiger partial charge is 0.435 e. The van der Waals surface area contributed by atoms with Crippen LogP contribution in [0.1, 0.15) is 43.9 Å². The van der Waals surface area contributed by atoms with Crippen LogP contribution in [0.25, 0.3) is 5.69 Å². The van der Waals surface area contributed by atoms with E-state index >= 15 is 0 Å². The predicted molar refractivity (Wildman–Crippen MR) is 119 cm³/mol. The predicted octanol–water partition coefficient (Wildman–Crippen LogP) is 5.24. The third-order valence-electron chi connectivity index (χ3n) is 5.67. The van der Waals surface area contributed by atoms with Gasteiger partial charge in [0.2, 0.25) is 5.88 Å². The van der Waals surface area contributed by atoms with Crippen LogP contribution in [0.3, 0.4) is 0 Å². The van der Waals surface area contributed by atoms with Crippen LogP contribution >= 0.6 is 0 Å². The molecule has 1 aromatic heterocycles. The van der Waals surface area contributed by atoms with Crippen LogP contribution in [0.4, 0.5) is 4.39 Å². The van der Waals surface area contributed by atoms with Gasteiger partial charge in [-0.3, -0.25) is 4.90 Å². The summed E-state index contributed by atoms with van der Waals surface area (Å²) in [5.41, 5.74) is 2.61. The molecule has 1 aliphatic rings. The highest BCUT2D eigenvalue weighted by molar-refractivity contribution is 5.43. The van der Waals surface area contributed by atoms with E-state index in [1.54, 1.807) is 22.9 Å². The van der Waals surface area contributed by atoms with Gasteiger partial charge in [0.1, 0.15) is 0 Å². The van der Waals surface area contributed by atoms with E-state index in [0.29, 0.717) is 25.0 Å². The van der Waals surface area contributed by atoms with Crippen LogP contribution in [0, 0.1) is 12.7 Å². The van der Waals surface area contributed by atoms with Crippen molar-refractivity contribution in [3.63, 3.8) is 0 Å². The monoisotopic (exact) mass is 423 g/mol. The molecule has 1 heterocycles. The van der Waals surface area contributed by atoms with Crippen LogP contribution in [0.2, 0.25) is 0 Å². The summed E-state index contributed by atoms with van der Waals surface area (Å²) in [6.07, 6.45) is 3.64. The van der Waals surface area contributed by atoms with Crippen molar-refractivity contribution in [1.82, 2.24) is 14.7 Å². The molecule has 3 aromatic rings. The minimum atomic E-state index is -0.413. The lowest BCUT2D eigenvalue weighted by molar-refractivity contribution is 0.0961. The molecule has 5 nitrogen and oxygen atoms in total. The van der Waals surface area contributed by atoms with Gasteiger partial charge in [0.25, 0.3) is 0 Å². The number of nitrogens with zero attached hydrogens (tertiary/aromatic N) is 3. The second-order valence-corrected chi connectivity index (χ2v) is 8.25. The van der Waals surface area contributed by atoms with Crippen LogP contribution in [-0.4, -0.2) is 38.5 Å². The van der Waals surface area contributed by atoms with Crippen molar-refractivity contribution in [1.29, 1.82) is 0 Å². The van der Waals surface area contributed by atoms with Gasteiger partial charge in [-0.15, -0.1) is 0 Å². The van der Waals surface area contributed by atoms with Crippen molar-refractivity contribution in [2.75, 3.05) is 6.54 Å². The van der Waals surface area contributed by atoms with Gasteiger partial charge in [0, 0.05) is 19.1 Å². The maximum atomic E-state index is 14.4. The summed E-state index contributed by atoms with van der Waals surface area (Å²) in [7, 11) is 0. The van der Waals surface area contributed by atoms with Gasteiger partial charge in [0.15, 0.2) is 11.6 Å². The van der Waals surface area contributed by atoms with E-state index in [9.17, 15) is 9.50 Å². The molecule has 1 unspecified atom stereocenters. The van der Waals surface area contributed by atoms with E-state index < -0.39 is 5.82 Å². The van der Waals surface area contributed by atoms with Crippen LogP contribution in [-0.2, 0) is 6.54 Å². The van der Waals surface area contributed by atoms with Gasteiger partial charge < -0.3 is 9.84 Å². The first-order valence-electron chi connectivity index (χ1n) is 11.0. The highest BCUT2D eigenvalue weighted by atomic mass is 19.1. The van der Waals surface area contributed by atoms with Crippen LogP contribution < -0.4 is 4.74 Å². The van der Waals surface area contributed by atoms with Gasteiger partial charge in [-0.1, -0.05) is 43.7 Å². The van der Waals surface area contributed by atoms with Crippen molar-refractivity contribution in [2.24, 2.45) is 0 Å². The molecule has 1 aliphatic carbocycles. The quantitative estimate of drug-likeness (QED) is 0.485. The first kappa shape index (κ1) is 21.5. The zero-order chi connectivity index (χ0) is 21.8. The summed E-state index contributed by atoms with van der Waals surface area (Å²) < 4.78 is 22.3. The highest BCUT2D eigenvalue weighted by Gasteiger charge is 2.32. The molecule has 0 amide bonds. The Balaban J connectivity index is 1.70. The summed E-state index contributed by atoms with van der Waals surface area (Å²) in [5.74, 6) is 0.276. The molecular weight excluding hydrogens is 393 g/mol. The van der Waals surface area contributed by atoms with E-state index in [2.05, 4.69) is 11.8 Å². The Labute approximate surface area is 183 Å². The third-order valence-corrected chi connectivity index (χ3v) is 5.67. The Morgan fingerprint density at radius 2 is 1.87 bits per heavy atom. The van der Waals surface area contributed by atoms with E-state index in [1.165, 1.54) is 6.07 Å². The zero-order valence-corrected chi connectivity index (χ0v) is 18.2. The second kappa shape index (κ2) is 9.62. The number of hydrogen-bond donors (Lipinski definition) is 1. The maximum absolute atomic E-state index is 14.4. The second-order valence-electron chi connectivity index (χ2n) is 8.25. The third kappa shape index (κ3) is 5.14. The number of rotatable bonds is 10. The van der Waals surface area contributed by atoms with Gasteiger partial charge in [-0.05, 0) is 50.5 Å². The van der Waals surface area contributed by atoms with E-state index in [-0.39, 0.29) is 11.9 Å². The first-order chi connectivity index (χ1) is 15.1. The molecule has 2 aromatic carbocycles. The lowest BCUT2D eigenvalue weighted by atomic mass is 10.1. The fourth-order valence-corrected chi connectivity index (χ4v) is 3.88. The van der Waals surface area contributed by atoms with E-state index in [0.717, 1.165) is 42.6 Å². The maximum Gasteiger partial charge on any atom is 0.227 e. The van der Waals surface area contributed by atoms with Gasteiger partial charge >= 0.3 is 0 Å². The normalized spacial score (nSPS) is 14.7. The molecule has 1 fully saturated rings. The minimum Gasteiger partial charge on any atom is -0.435 e. The fourth-order valence-electron chi connectivity index (χ4n) is 3.88. The number of ether oxygens (including phenoxy) is 1. The minimum absolute atomic E-state index is 0.171. The summed E-state index contributed by atoms with van der Waals surface area (Å²) in [6.45, 7) is 5.26. The van der Waals surface area contributed by atoms with Crippen LogP contribution in [0.15, 0.2) is 54.6 Å². The van der Waals surface area contributed by atoms with Crippen molar-refractivity contribution < 1.29 is 14.2 Å². The molecule has 0 bridgehead atoms. The molecule has 1 N–H and O–H groups in total. The van der Waals surface area contributed by atoms with E-state index in [4.69, 9.17) is 9.84 Å². The average Bonchev–Trinajstić information content (AvgIpc) is 3.57. The van der Waals surface area contributed by atoms with Gasteiger partial charge in [0.05, 0.1) is 23.0 Å². The van der Waals surface area contributed by atoms with Crippen molar-refractivity contribution in [3.05, 3.63) is 71.7 Å². The number of para-hydroxylation sites is 2. The smallest absolute Gasteiger partial charge is 0.227 e.